The lowest BCUT2D eigenvalue weighted by Gasteiger charge is -2.18. The van der Waals surface area contributed by atoms with Gasteiger partial charge in [0.15, 0.2) is 0 Å². The maximum absolute atomic E-state index is 11.8. The SMILES string of the molecule is [C-]#[N+]C(CC(C)C)C(OC(=O)OCC)C(=O)OCC. The molecule has 2 atom stereocenters. The standard InChI is InChI=1S/C13H21NO5/c1-6-17-12(15)11(19-13(16)18-7-2)10(14-5)8-9(3)4/h9-11H,6-8H2,1-4H3. The van der Waals surface area contributed by atoms with Crippen LogP contribution < -0.4 is 0 Å². The van der Waals surface area contributed by atoms with E-state index < -0.39 is 24.3 Å². The Morgan fingerprint density at radius 3 is 2.16 bits per heavy atom. The van der Waals surface area contributed by atoms with Crippen LogP contribution in [0.2, 0.25) is 0 Å². The van der Waals surface area contributed by atoms with Gasteiger partial charge in [-0.2, -0.15) is 0 Å². The first kappa shape index (κ1) is 17.2. The molecule has 0 aliphatic heterocycles. The first-order valence-corrected chi connectivity index (χ1v) is 6.32. The fourth-order valence-corrected chi connectivity index (χ4v) is 1.49. The minimum atomic E-state index is -1.24. The van der Waals surface area contributed by atoms with Gasteiger partial charge in [0.2, 0.25) is 0 Å². The van der Waals surface area contributed by atoms with E-state index in [0.29, 0.717) is 6.42 Å². The first-order valence-electron chi connectivity index (χ1n) is 6.32. The van der Waals surface area contributed by atoms with Gasteiger partial charge < -0.3 is 19.1 Å². The van der Waals surface area contributed by atoms with Crippen LogP contribution in [0.25, 0.3) is 4.85 Å². The molecule has 0 aromatic carbocycles. The molecule has 0 N–H and O–H groups in total. The van der Waals surface area contributed by atoms with Crippen molar-refractivity contribution < 1.29 is 23.8 Å². The highest BCUT2D eigenvalue weighted by Crippen LogP contribution is 2.16. The summed E-state index contributed by atoms with van der Waals surface area (Å²) in [5.41, 5.74) is 0. The molecule has 0 rings (SSSR count). The Balaban J connectivity index is 4.87. The highest BCUT2D eigenvalue weighted by atomic mass is 16.7. The fraction of sp³-hybridized carbons (Fsp3) is 0.769. The number of hydrogen-bond donors (Lipinski definition) is 0. The smallest absolute Gasteiger partial charge is 0.463 e. The molecule has 0 heterocycles. The van der Waals surface area contributed by atoms with E-state index in [4.69, 9.17) is 16.0 Å². The number of ether oxygens (including phenoxy) is 3. The molecule has 0 bridgehead atoms. The van der Waals surface area contributed by atoms with Crippen molar-refractivity contribution in [1.29, 1.82) is 0 Å². The van der Waals surface area contributed by atoms with Crippen LogP contribution in [0.5, 0.6) is 0 Å². The third-order valence-electron chi connectivity index (χ3n) is 2.23. The van der Waals surface area contributed by atoms with Crippen molar-refractivity contribution in [2.75, 3.05) is 13.2 Å². The molecule has 0 amide bonds. The molecule has 0 aliphatic rings. The van der Waals surface area contributed by atoms with Crippen molar-refractivity contribution in [3.8, 4) is 0 Å². The van der Waals surface area contributed by atoms with Crippen molar-refractivity contribution in [3.05, 3.63) is 11.4 Å². The summed E-state index contributed by atoms with van der Waals surface area (Å²) in [7, 11) is 0. The molecule has 0 spiro atoms. The van der Waals surface area contributed by atoms with Crippen LogP contribution >= 0.6 is 0 Å². The Morgan fingerprint density at radius 1 is 1.16 bits per heavy atom. The van der Waals surface area contributed by atoms with Gasteiger partial charge >= 0.3 is 12.1 Å². The second-order valence-corrected chi connectivity index (χ2v) is 4.30. The Kier molecular flexibility index (Phi) is 8.34. The van der Waals surface area contributed by atoms with Crippen LogP contribution in [-0.2, 0) is 19.0 Å². The number of nitrogens with zero attached hydrogens (tertiary/aromatic N) is 1. The average Bonchev–Trinajstić information content (AvgIpc) is 2.33. The maximum atomic E-state index is 11.8. The normalized spacial score (nSPS) is 13.3. The largest absolute Gasteiger partial charge is 0.509 e. The van der Waals surface area contributed by atoms with E-state index in [2.05, 4.69) is 9.58 Å². The zero-order valence-corrected chi connectivity index (χ0v) is 11.8. The highest BCUT2D eigenvalue weighted by molar-refractivity contribution is 5.78. The van der Waals surface area contributed by atoms with Gasteiger partial charge in [-0.25, -0.2) is 16.2 Å². The van der Waals surface area contributed by atoms with Crippen molar-refractivity contribution >= 4 is 12.1 Å². The Morgan fingerprint density at radius 2 is 1.74 bits per heavy atom. The number of carbonyl (C=O) groups is 2. The summed E-state index contributed by atoms with van der Waals surface area (Å²) in [4.78, 5) is 26.4. The summed E-state index contributed by atoms with van der Waals surface area (Å²) in [6, 6.07) is -0.761. The van der Waals surface area contributed by atoms with Gasteiger partial charge in [-0.1, -0.05) is 13.8 Å². The number of rotatable bonds is 7. The molecule has 0 aromatic rings. The summed E-state index contributed by atoms with van der Waals surface area (Å²) in [5.74, 6) is -0.515. The first-order chi connectivity index (χ1) is 8.96. The van der Waals surface area contributed by atoms with E-state index in [1.807, 2.05) is 13.8 Å². The summed E-state index contributed by atoms with van der Waals surface area (Å²) in [6.07, 6.45) is -1.76. The number of hydrogen-bond acceptors (Lipinski definition) is 5. The van der Waals surface area contributed by atoms with Gasteiger partial charge in [0.1, 0.15) is 0 Å². The van der Waals surface area contributed by atoms with Crippen molar-refractivity contribution in [2.45, 2.75) is 46.3 Å². The highest BCUT2D eigenvalue weighted by Gasteiger charge is 2.39. The minimum Gasteiger partial charge on any atom is -0.463 e. The third-order valence-corrected chi connectivity index (χ3v) is 2.23. The maximum Gasteiger partial charge on any atom is 0.509 e. The van der Waals surface area contributed by atoms with Gasteiger partial charge in [-0.15, -0.1) is 0 Å². The molecule has 0 radical (unpaired) electrons. The van der Waals surface area contributed by atoms with Crippen molar-refractivity contribution in [3.63, 3.8) is 0 Å². The average molecular weight is 271 g/mol. The molecule has 0 saturated heterocycles. The van der Waals surface area contributed by atoms with E-state index in [1.165, 1.54) is 0 Å². The van der Waals surface area contributed by atoms with Gasteiger partial charge in [-0.05, 0) is 19.8 Å². The summed E-state index contributed by atoms with van der Waals surface area (Å²) in [5, 5.41) is 0. The van der Waals surface area contributed by atoms with Crippen LogP contribution in [0, 0.1) is 12.5 Å². The molecular weight excluding hydrogens is 250 g/mol. The van der Waals surface area contributed by atoms with Crippen LogP contribution in [0.4, 0.5) is 4.79 Å². The lowest BCUT2D eigenvalue weighted by molar-refractivity contribution is -0.155. The Hall–Kier alpha value is -1.77. The number of esters is 1. The molecule has 6 heteroatoms. The Labute approximate surface area is 113 Å². The van der Waals surface area contributed by atoms with Crippen LogP contribution in [0.15, 0.2) is 0 Å². The molecule has 2 unspecified atom stereocenters. The van der Waals surface area contributed by atoms with E-state index in [0.717, 1.165) is 0 Å². The van der Waals surface area contributed by atoms with Crippen LogP contribution in [-0.4, -0.2) is 37.5 Å². The number of carbonyl (C=O) groups excluding carboxylic acids is 2. The third kappa shape index (κ3) is 6.65. The van der Waals surface area contributed by atoms with Gasteiger partial charge in [0, 0.05) is 6.42 Å². The van der Waals surface area contributed by atoms with Gasteiger partial charge in [-0.3, -0.25) is 0 Å². The zero-order chi connectivity index (χ0) is 14.8. The Bertz CT molecular complexity index is 334. The van der Waals surface area contributed by atoms with E-state index in [-0.39, 0.29) is 19.1 Å². The summed E-state index contributed by atoms with van der Waals surface area (Å²) < 4.78 is 14.4. The molecule has 0 saturated carbocycles. The quantitative estimate of drug-likeness (QED) is 0.525. The second-order valence-electron chi connectivity index (χ2n) is 4.30. The lowest BCUT2D eigenvalue weighted by Crippen LogP contribution is -2.39. The van der Waals surface area contributed by atoms with Crippen LogP contribution in [0.1, 0.15) is 34.1 Å². The molecule has 0 fully saturated rings. The molecule has 0 aliphatic carbocycles. The summed E-state index contributed by atoms with van der Waals surface area (Å²) >= 11 is 0. The summed E-state index contributed by atoms with van der Waals surface area (Å²) in [6.45, 7) is 14.6. The van der Waals surface area contributed by atoms with Gasteiger partial charge in [0.25, 0.3) is 12.1 Å². The fourth-order valence-electron chi connectivity index (χ4n) is 1.49. The molecular formula is C13H21NO5. The molecule has 19 heavy (non-hydrogen) atoms. The second kappa shape index (κ2) is 9.20. The molecule has 0 aromatic heterocycles. The van der Waals surface area contributed by atoms with E-state index in [1.54, 1.807) is 13.8 Å². The lowest BCUT2D eigenvalue weighted by atomic mass is 10.00. The molecule has 108 valence electrons. The topological polar surface area (TPSA) is 66.2 Å². The predicted octanol–water partition coefficient (Wildman–Crippen LogP) is 2.43. The van der Waals surface area contributed by atoms with E-state index in [9.17, 15) is 9.59 Å². The van der Waals surface area contributed by atoms with Crippen molar-refractivity contribution in [1.82, 2.24) is 0 Å². The van der Waals surface area contributed by atoms with Gasteiger partial charge in [0.05, 0.1) is 13.2 Å². The van der Waals surface area contributed by atoms with E-state index >= 15 is 0 Å². The van der Waals surface area contributed by atoms with Crippen molar-refractivity contribution in [2.24, 2.45) is 5.92 Å². The minimum absolute atomic E-state index is 0.140. The monoisotopic (exact) mass is 271 g/mol. The predicted molar refractivity (Wildman–Crippen MR) is 68.4 cm³/mol. The zero-order valence-electron chi connectivity index (χ0n) is 11.8. The van der Waals surface area contributed by atoms with Crippen LogP contribution in [0.3, 0.4) is 0 Å². The molecule has 6 nitrogen and oxygen atoms in total.